The van der Waals surface area contributed by atoms with Crippen LogP contribution in [0.4, 0.5) is 0 Å². The lowest BCUT2D eigenvalue weighted by Gasteiger charge is -2.15. The Bertz CT molecular complexity index is 378. The summed E-state index contributed by atoms with van der Waals surface area (Å²) >= 11 is 0. The molecule has 1 heteroatoms. The molecule has 0 aliphatic rings. The van der Waals surface area contributed by atoms with E-state index in [1.54, 1.807) is 6.20 Å². The van der Waals surface area contributed by atoms with E-state index in [1.165, 1.54) is 24.0 Å². The smallest absolute Gasteiger partial charge is 0.0100 e. The normalized spacial score (nSPS) is 14.6. The standard InChI is InChI=1S/C17H25N/c1-14(13-15(2)11-12-18)9-10-16(3)17-7-5-4-6-8-17/h4-8,11-12,14-15H,3,9-10,13,18H2,1-2H3/b12-11-. The molecule has 1 aromatic carbocycles. The fraction of sp³-hybridized carbons (Fsp3) is 0.412. The summed E-state index contributed by atoms with van der Waals surface area (Å²) in [5.74, 6) is 1.27. The Kier molecular flexibility index (Phi) is 6.27. The molecule has 2 N–H and O–H groups in total. The van der Waals surface area contributed by atoms with Gasteiger partial charge in [0.2, 0.25) is 0 Å². The number of nitrogens with two attached hydrogens (primary N) is 1. The Morgan fingerprint density at radius 2 is 1.94 bits per heavy atom. The fourth-order valence-corrected chi connectivity index (χ4v) is 2.26. The maximum atomic E-state index is 5.41. The molecule has 0 aromatic heterocycles. The largest absolute Gasteiger partial charge is 0.405 e. The van der Waals surface area contributed by atoms with Gasteiger partial charge in [0, 0.05) is 0 Å². The first kappa shape index (κ1) is 14.6. The van der Waals surface area contributed by atoms with Gasteiger partial charge in [-0.2, -0.15) is 0 Å². The fourth-order valence-electron chi connectivity index (χ4n) is 2.26. The van der Waals surface area contributed by atoms with Crippen molar-refractivity contribution in [2.45, 2.75) is 33.1 Å². The predicted molar refractivity (Wildman–Crippen MR) is 81.0 cm³/mol. The van der Waals surface area contributed by atoms with Gasteiger partial charge in [-0.15, -0.1) is 0 Å². The molecule has 98 valence electrons. The van der Waals surface area contributed by atoms with Gasteiger partial charge in [0.05, 0.1) is 0 Å². The van der Waals surface area contributed by atoms with E-state index in [-0.39, 0.29) is 0 Å². The van der Waals surface area contributed by atoms with Crippen LogP contribution in [-0.4, -0.2) is 0 Å². The maximum Gasteiger partial charge on any atom is -0.0100 e. The first-order valence-electron chi connectivity index (χ1n) is 6.75. The van der Waals surface area contributed by atoms with Gasteiger partial charge in [-0.25, -0.2) is 0 Å². The molecule has 0 saturated carbocycles. The second kappa shape index (κ2) is 7.75. The van der Waals surface area contributed by atoms with Crippen molar-refractivity contribution >= 4 is 5.57 Å². The Hall–Kier alpha value is -1.50. The van der Waals surface area contributed by atoms with Gasteiger partial charge >= 0.3 is 0 Å². The molecule has 0 radical (unpaired) electrons. The third-order valence-electron chi connectivity index (χ3n) is 3.33. The van der Waals surface area contributed by atoms with E-state index in [0.717, 1.165) is 6.42 Å². The Balaban J connectivity index is 2.34. The minimum absolute atomic E-state index is 0.565. The highest BCUT2D eigenvalue weighted by Crippen LogP contribution is 2.23. The van der Waals surface area contributed by atoms with E-state index >= 15 is 0 Å². The monoisotopic (exact) mass is 243 g/mol. The lowest BCUT2D eigenvalue weighted by molar-refractivity contribution is 0.443. The van der Waals surface area contributed by atoms with Crippen molar-refractivity contribution in [3.05, 3.63) is 54.8 Å². The second-order valence-electron chi connectivity index (χ2n) is 5.21. The third kappa shape index (κ3) is 5.22. The molecule has 2 unspecified atom stereocenters. The van der Waals surface area contributed by atoms with E-state index < -0.39 is 0 Å². The lowest BCUT2D eigenvalue weighted by Crippen LogP contribution is -2.02. The quantitative estimate of drug-likeness (QED) is 0.743. The van der Waals surface area contributed by atoms with Gasteiger partial charge in [-0.1, -0.05) is 56.8 Å². The zero-order valence-electron chi connectivity index (χ0n) is 11.6. The van der Waals surface area contributed by atoms with Crippen LogP contribution in [0, 0.1) is 11.8 Å². The molecule has 0 spiro atoms. The number of hydrogen-bond donors (Lipinski definition) is 1. The maximum absolute atomic E-state index is 5.41. The highest BCUT2D eigenvalue weighted by atomic mass is 14.5. The van der Waals surface area contributed by atoms with Crippen LogP contribution in [0.5, 0.6) is 0 Å². The zero-order chi connectivity index (χ0) is 13.4. The molecular weight excluding hydrogens is 218 g/mol. The first-order valence-corrected chi connectivity index (χ1v) is 6.75. The number of rotatable bonds is 7. The van der Waals surface area contributed by atoms with Crippen LogP contribution in [0.1, 0.15) is 38.7 Å². The topological polar surface area (TPSA) is 26.0 Å². The summed E-state index contributed by atoms with van der Waals surface area (Å²) in [7, 11) is 0. The third-order valence-corrected chi connectivity index (χ3v) is 3.33. The minimum Gasteiger partial charge on any atom is -0.405 e. The van der Waals surface area contributed by atoms with Gasteiger partial charge in [-0.05, 0) is 48.4 Å². The van der Waals surface area contributed by atoms with Crippen LogP contribution in [-0.2, 0) is 0 Å². The summed E-state index contributed by atoms with van der Waals surface area (Å²) in [5.41, 5.74) is 7.91. The molecule has 18 heavy (non-hydrogen) atoms. The van der Waals surface area contributed by atoms with Crippen molar-refractivity contribution in [1.82, 2.24) is 0 Å². The van der Waals surface area contributed by atoms with E-state index in [9.17, 15) is 0 Å². The summed E-state index contributed by atoms with van der Waals surface area (Å²) < 4.78 is 0. The molecular formula is C17H25N. The predicted octanol–water partition coefficient (Wildman–Crippen LogP) is 4.61. The Labute approximate surface area is 111 Å². The van der Waals surface area contributed by atoms with Gasteiger partial charge in [0.15, 0.2) is 0 Å². The number of allylic oxidation sites excluding steroid dienone is 2. The molecule has 2 atom stereocenters. The van der Waals surface area contributed by atoms with Crippen molar-refractivity contribution in [3.8, 4) is 0 Å². The van der Waals surface area contributed by atoms with Crippen molar-refractivity contribution in [2.24, 2.45) is 17.6 Å². The van der Waals surface area contributed by atoms with Crippen LogP contribution in [0.25, 0.3) is 5.57 Å². The SMILES string of the molecule is C=C(CCC(C)CC(C)/C=C\N)c1ccccc1. The molecule has 0 aliphatic carbocycles. The van der Waals surface area contributed by atoms with Crippen molar-refractivity contribution < 1.29 is 0 Å². The molecule has 0 amide bonds. The van der Waals surface area contributed by atoms with Crippen LogP contribution in [0.15, 0.2) is 49.2 Å². The van der Waals surface area contributed by atoms with Crippen LogP contribution in [0.3, 0.4) is 0 Å². The minimum atomic E-state index is 0.565. The van der Waals surface area contributed by atoms with Crippen LogP contribution < -0.4 is 5.73 Å². The second-order valence-corrected chi connectivity index (χ2v) is 5.21. The molecule has 1 aromatic rings. The van der Waals surface area contributed by atoms with E-state index in [1.807, 2.05) is 6.07 Å². The van der Waals surface area contributed by atoms with Crippen LogP contribution in [0.2, 0.25) is 0 Å². The van der Waals surface area contributed by atoms with E-state index in [2.05, 4.69) is 50.8 Å². The van der Waals surface area contributed by atoms with Crippen molar-refractivity contribution in [2.75, 3.05) is 0 Å². The first-order chi connectivity index (χ1) is 8.63. The number of hydrogen-bond acceptors (Lipinski definition) is 1. The van der Waals surface area contributed by atoms with Gasteiger partial charge < -0.3 is 5.73 Å². The molecule has 1 nitrogen and oxygen atoms in total. The van der Waals surface area contributed by atoms with Crippen LogP contribution >= 0.6 is 0 Å². The van der Waals surface area contributed by atoms with E-state index in [0.29, 0.717) is 11.8 Å². The lowest BCUT2D eigenvalue weighted by atomic mass is 9.91. The highest BCUT2D eigenvalue weighted by Gasteiger charge is 2.07. The van der Waals surface area contributed by atoms with Gasteiger partial charge in [0.25, 0.3) is 0 Å². The molecule has 0 fully saturated rings. The Morgan fingerprint density at radius 1 is 1.28 bits per heavy atom. The summed E-state index contributed by atoms with van der Waals surface area (Å²) in [6.45, 7) is 8.70. The van der Waals surface area contributed by atoms with E-state index in [4.69, 9.17) is 5.73 Å². The molecule has 0 bridgehead atoms. The van der Waals surface area contributed by atoms with Crippen molar-refractivity contribution in [3.63, 3.8) is 0 Å². The highest BCUT2D eigenvalue weighted by molar-refractivity contribution is 5.62. The van der Waals surface area contributed by atoms with Crippen molar-refractivity contribution in [1.29, 1.82) is 0 Å². The summed E-state index contributed by atoms with van der Waals surface area (Å²) in [5, 5.41) is 0. The average molecular weight is 243 g/mol. The molecule has 1 rings (SSSR count). The molecule has 0 heterocycles. The summed E-state index contributed by atoms with van der Waals surface area (Å²) in [6.07, 6.45) is 7.18. The van der Waals surface area contributed by atoms with Gasteiger partial charge in [-0.3, -0.25) is 0 Å². The zero-order valence-corrected chi connectivity index (χ0v) is 11.6. The summed E-state index contributed by atoms with van der Waals surface area (Å²) in [4.78, 5) is 0. The van der Waals surface area contributed by atoms with Gasteiger partial charge in [0.1, 0.15) is 0 Å². The summed E-state index contributed by atoms with van der Waals surface area (Å²) in [6, 6.07) is 10.4. The average Bonchev–Trinajstić information content (AvgIpc) is 2.37. The molecule has 0 saturated heterocycles. The molecule has 0 aliphatic heterocycles. The number of benzene rings is 1. The Morgan fingerprint density at radius 3 is 2.56 bits per heavy atom.